The molecule has 1 aromatic heterocycles. The van der Waals surface area contributed by atoms with E-state index in [1.807, 2.05) is 24.4 Å². The lowest BCUT2D eigenvalue weighted by atomic mass is 10.1. The quantitative estimate of drug-likeness (QED) is 0.467. The van der Waals surface area contributed by atoms with Gasteiger partial charge in [-0.05, 0) is 48.7 Å². The number of carbonyl (C=O) groups is 1. The molecule has 0 saturated carbocycles. The van der Waals surface area contributed by atoms with E-state index in [1.165, 1.54) is 10.9 Å². The number of ether oxygens (including phenoxy) is 2. The Hall–Kier alpha value is -2.46. The first-order chi connectivity index (χ1) is 12.2. The van der Waals surface area contributed by atoms with E-state index >= 15 is 0 Å². The summed E-state index contributed by atoms with van der Waals surface area (Å²) in [5.74, 6) is 0.513. The Morgan fingerprint density at radius 1 is 1.04 bits per heavy atom. The second-order valence-electron chi connectivity index (χ2n) is 5.74. The molecule has 0 bridgehead atoms. The fourth-order valence-electron chi connectivity index (χ4n) is 2.68. The van der Waals surface area contributed by atoms with Gasteiger partial charge in [0.15, 0.2) is 0 Å². The molecule has 0 aliphatic carbocycles. The SMILES string of the molecule is O=C(CCCc1c[nH]c2ccccc12)OCCOc1ccc(Cl)cc1. The third-order valence-electron chi connectivity index (χ3n) is 3.93. The molecule has 0 atom stereocenters. The van der Waals surface area contributed by atoms with Gasteiger partial charge < -0.3 is 14.5 Å². The molecule has 1 heterocycles. The number of carbonyl (C=O) groups excluding carboxylic acids is 1. The third-order valence-corrected chi connectivity index (χ3v) is 4.18. The molecule has 2 aromatic carbocycles. The van der Waals surface area contributed by atoms with Crippen LogP contribution in [0.5, 0.6) is 5.75 Å². The fraction of sp³-hybridized carbons (Fsp3) is 0.250. The number of aryl methyl sites for hydroxylation is 1. The van der Waals surface area contributed by atoms with Crippen LogP contribution in [-0.2, 0) is 16.0 Å². The topological polar surface area (TPSA) is 51.3 Å². The van der Waals surface area contributed by atoms with Gasteiger partial charge in [-0.3, -0.25) is 4.79 Å². The smallest absolute Gasteiger partial charge is 0.305 e. The van der Waals surface area contributed by atoms with E-state index in [4.69, 9.17) is 21.1 Å². The van der Waals surface area contributed by atoms with Crippen LogP contribution >= 0.6 is 11.6 Å². The molecular formula is C20H20ClNO3. The van der Waals surface area contributed by atoms with Crippen LogP contribution in [0.25, 0.3) is 10.9 Å². The number of halogens is 1. The molecule has 4 nitrogen and oxygen atoms in total. The minimum atomic E-state index is -0.195. The summed E-state index contributed by atoms with van der Waals surface area (Å²) in [5.41, 5.74) is 2.36. The number of rotatable bonds is 8. The van der Waals surface area contributed by atoms with Crippen molar-refractivity contribution in [2.24, 2.45) is 0 Å². The minimum absolute atomic E-state index is 0.195. The second-order valence-corrected chi connectivity index (χ2v) is 6.17. The number of hydrogen-bond acceptors (Lipinski definition) is 3. The van der Waals surface area contributed by atoms with Crippen molar-refractivity contribution in [3.05, 3.63) is 65.3 Å². The number of fused-ring (bicyclic) bond motifs is 1. The van der Waals surface area contributed by atoms with Crippen LogP contribution in [0.3, 0.4) is 0 Å². The molecule has 0 amide bonds. The van der Waals surface area contributed by atoms with E-state index in [1.54, 1.807) is 24.3 Å². The Kier molecular flexibility index (Phi) is 5.96. The zero-order valence-corrected chi connectivity index (χ0v) is 14.6. The van der Waals surface area contributed by atoms with Crippen LogP contribution < -0.4 is 4.74 Å². The summed E-state index contributed by atoms with van der Waals surface area (Å²) in [6.07, 6.45) is 4.02. The maximum Gasteiger partial charge on any atom is 0.305 e. The summed E-state index contributed by atoms with van der Waals surface area (Å²) in [7, 11) is 0. The van der Waals surface area contributed by atoms with E-state index in [9.17, 15) is 4.79 Å². The number of esters is 1. The highest BCUT2D eigenvalue weighted by Crippen LogP contribution is 2.19. The molecule has 0 saturated heterocycles. The number of nitrogens with one attached hydrogen (secondary N) is 1. The maximum atomic E-state index is 11.8. The van der Waals surface area contributed by atoms with E-state index in [0.717, 1.165) is 18.4 Å². The third kappa shape index (κ3) is 5.00. The van der Waals surface area contributed by atoms with Crippen molar-refractivity contribution in [1.29, 1.82) is 0 Å². The molecule has 0 aliphatic heterocycles. The molecule has 5 heteroatoms. The number of H-pyrrole nitrogens is 1. The summed E-state index contributed by atoms with van der Waals surface area (Å²) in [5, 5.41) is 1.88. The highest BCUT2D eigenvalue weighted by atomic mass is 35.5. The predicted molar refractivity (Wildman–Crippen MR) is 99.1 cm³/mol. The number of para-hydroxylation sites is 1. The summed E-state index contributed by atoms with van der Waals surface area (Å²) >= 11 is 5.81. The number of benzene rings is 2. The van der Waals surface area contributed by atoms with Gasteiger partial charge in [0.2, 0.25) is 0 Å². The normalized spacial score (nSPS) is 10.8. The molecule has 130 valence electrons. The van der Waals surface area contributed by atoms with Crippen molar-refractivity contribution in [2.45, 2.75) is 19.3 Å². The van der Waals surface area contributed by atoms with Gasteiger partial charge in [0.1, 0.15) is 19.0 Å². The minimum Gasteiger partial charge on any atom is -0.490 e. The molecular weight excluding hydrogens is 338 g/mol. The highest BCUT2D eigenvalue weighted by molar-refractivity contribution is 6.30. The van der Waals surface area contributed by atoms with Gasteiger partial charge in [-0.1, -0.05) is 29.8 Å². The Balaban J connectivity index is 1.33. The van der Waals surface area contributed by atoms with Crippen LogP contribution in [0.1, 0.15) is 18.4 Å². The zero-order valence-electron chi connectivity index (χ0n) is 13.8. The van der Waals surface area contributed by atoms with Crippen LogP contribution in [0, 0.1) is 0 Å². The molecule has 3 rings (SSSR count). The number of hydrogen-bond donors (Lipinski definition) is 1. The predicted octanol–water partition coefficient (Wildman–Crippen LogP) is 4.77. The Morgan fingerprint density at radius 3 is 2.68 bits per heavy atom. The van der Waals surface area contributed by atoms with Crippen LogP contribution in [0.15, 0.2) is 54.7 Å². The van der Waals surface area contributed by atoms with E-state index in [0.29, 0.717) is 23.8 Å². The van der Waals surface area contributed by atoms with Crippen molar-refractivity contribution in [1.82, 2.24) is 4.98 Å². The Bertz CT molecular complexity index is 826. The molecule has 0 unspecified atom stereocenters. The average Bonchev–Trinajstić information content (AvgIpc) is 3.04. The van der Waals surface area contributed by atoms with Gasteiger partial charge in [0.05, 0.1) is 0 Å². The van der Waals surface area contributed by atoms with Crippen molar-refractivity contribution < 1.29 is 14.3 Å². The first-order valence-electron chi connectivity index (χ1n) is 8.31. The van der Waals surface area contributed by atoms with Gasteiger partial charge in [0.25, 0.3) is 0 Å². The monoisotopic (exact) mass is 357 g/mol. The lowest BCUT2D eigenvalue weighted by molar-refractivity contribution is -0.144. The van der Waals surface area contributed by atoms with Gasteiger partial charge in [-0.2, -0.15) is 0 Å². The van der Waals surface area contributed by atoms with Crippen LogP contribution in [0.2, 0.25) is 5.02 Å². The molecule has 1 N–H and O–H groups in total. The maximum absolute atomic E-state index is 11.8. The average molecular weight is 358 g/mol. The highest BCUT2D eigenvalue weighted by Gasteiger charge is 2.06. The molecule has 0 aliphatic rings. The van der Waals surface area contributed by atoms with Gasteiger partial charge in [-0.15, -0.1) is 0 Å². The first-order valence-corrected chi connectivity index (χ1v) is 8.69. The zero-order chi connectivity index (χ0) is 17.5. The van der Waals surface area contributed by atoms with Crippen molar-refractivity contribution in [3.8, 4) is 5.75 Å². The number of aromatic amines is 1. The van der Waals surface area contributed by atoms with Crippen LogP contribution in [0.4, 0.5) is 0 Å². The Labute approximate surface area is 151 Å². The molecule has 0 radical (unpaired) electrons. The summed E-state index contributed by atoms with van der Waals surface area (Å²) in [6.45, 7) is 0.574. The van der Waals surface area contributed by atoms with E-state index < -0.39 is 0 Å². The van der Waals surface area contributed by atoms with Crippen molar-refractivity contribution in [3.63, 3.8) is 0 Å². The second kappa shape index (κ2) is 8.58. The Morgan fingerprint density at radius 2 is 1.84 bits per heavy atom. The van der Waals surface area contributed by atoms with Crippen LogP contribution in [-0.4, -0.2) is 24.2 Å². The van der Waals surface area contributed by atoms with Gasteiger partial charge in [-0.25, -0.2) is 0 Å². The molecule has 0 fully saturated rings. The number of aromatic nitrogens is 1. The standard InChI is InChI=1S/C20H20ClNO3/c21-16-8-10-17(11-9-16)24-12-13-25-20(23)7-3-4-15-14-22-19-6-2-1-5-18(15)19/h1-2,5-6,8-11,14,22H,3-4,7,12-13H2. The van der Waals surface area contributed by atoms with Crippen molar-refractivity contribution >= 4 is 28.5 Å². The summed E-state index contributed by atoms with van der Waals surface area (Å²) in [4.78, 5) is 15.0. The summed E-state index contributed by atoms with van der Waals surface area (Å²) in [6, 6.07) is 15.3. The van der Waals surface area contributed by atoms with E-state index in [-0.39, 0.29) is 12.6 Å². The first kappa shape index (κ1) is 17.4. The molecule has 0 spiro atoms. The molecule has 25 heavy (non-hydrogen) atoms. The van der Waals surface area contributed by atoms with Gasteiger partial charge in [0, 0.05) is 28.5 Å². The largest absolute Gasteiger partial charge is 0.490 e. The lowest BCUT2D eigenvalue weighted by Gasteiger charge is -2.07. The van der Waals surface area contributed by atoms with Crippen molar-refractivity contribution in [2.75, 3.05) is 13.2 Å². The van der Waals surface area contributed by atoms with Gasteiger partial charge >= 0.3 is 5.97 Å². The lowest BCUT2D eigenvalue weighted by Crippen LogP contribution is -2.12. The summed E-state index contributed by atoms with van der Waals surface area (Å²) < 4.78 is 10.7. The van der Waals surface area contributed by atoms with E-state index in [2.05, 4.69) is 11.1 Å². The fourth-order valence-corrected chi connectivity index (χ4v) is 2.81. The molecule has 3 aromatic rings.